The minimum Gasteiger partial charge on any atom is -0.507 e. The number of halogens is 1. The Labute approximate surface area is 176 Å². The van der Waals surface area contributed by atoms with Crippen molar-refractivity contribution < 1.29 is 33.9 Å². The first-order valence-corrected chi connectivity index (χ1v) is 9.32. The lowest BCUT2D eigenvalue weighted by atomic mass is 9.95. The molecule has 1 unspecified atom stereocenters. The molecule has 1 aliphatic rings. The Hall–Kier alpha value is -3.63. The summed E-state index contributed by atoms with van der Waals surface area (Å²) in [6.45, 7) is -0.205. The molecular formula is C21H19FN2O7. The highest BCUT2D eigenvalue weighted by Gasteiger charge is 2.46. The minimum absolute atomic E-state index is 0.0109. The normalized spacial score (nSPS) is 17.9. The molecule has 1 fully saturated rings. The molecule has 2 aromatic carbocycles. The highest BCUT2D eigenvalue weighted by Crippen LogP contribution is 2.39. The van der Waals surface area contributed by atoms with Crippen molar-refractivity contribution in [1.82, 2.24) is 4.90 Å². The Balaban J connectivity index is 2.06. The van der Waals surface area contributed by atoms with Crippen molar-refractivity contribution in [3.05, 3.63) is 81.2 Å². The standard InChI is InChI=1S/C21H19FN2O7/c22-15-3-1-2-14(12-15)18-17(19(26)13-4-6-16(7-5-13)24(29)30)20(27)21(28)23(18)8-10-31-11-9-25/h1-7,12,18,25-26H,8-11H2. The van der Waals surface area contributed by atoms with E-state index >= 15 is 0 Å². The zero-order valence-corrected chi connectivity index (χ0v) is 16.2. The maximum Gasteiger partial charge on any atom is 0.295 e. The summed E-state index contributed by atoms with van der Waals surface area (Å²) in [6, 6.07) is 9.04. The molecule has 1 amide bonds. The van der Waals surface area contributed by atoms with Gasteiger partial charge in [0.05, 0.1) is 36.4 Å². The van der Waals surface area contributed by atoms with E-state index in [0.717, 1.165) is 23.1 Å². The van der Waals surface area contributed by atoms with Crippen LogP contribution in [0.2, 0.25) is 0 Å². The van der Waals surface area contributed by atoms with Gasteiger partial charge in [-0.15, -0.1) is 0 Å². The van der Waals surface area contributed by atoms with Crippen LogP contribution in [0.1, 0.15) is 17.2 Å². The summed E-state index contributed by atoms with van der Waals surface area (Å²) in [5.41, 5.74) is -0.0994. The molecule has 0 spiro atoms. The van der Waals surface area contributed by atoms with Crippen molar-refractivity contribution in [2.45, 2.75) is 6.04 Å². The second-order valence-electron chi connectivity index (χ2n) is 6.69. The maximum absolute atomic E-state index is 13.9. The summed E-state index contributed by atoms with van der Waals surface area (Å²) in [5.74, 6) is -2.98. The molecule has 9 nitrogen and oxygen atoms in total. The van der Waals surface area contributed by atoms with Gasteiger partial charge < -0.3 is 19.8 Å². The fourth-order valence-electron chi connectivity index (χ4n) is 3.36. The van der Waals surface area contributed by atoms with Gasteiger partial charge in [-0.3, -0.25) is 19.7 Å². The number of benzene rings is 2. The van der Waals surface area contributed by atoms with Gasteiger partial charge in [0.15, 0.2) is 0 Å². The summed E-state index contributed by atoms with van der Waals surface area (Å²) in [7, 11) is 0. The Morgan fingerprint density at radius 3 is 2.48 bits per heavy atom. The van der Waals surface area contributed by atoms with Crippen LogP contribution in [-0.4, -0.2) is 58.1 Å². The number of amides is 1. The highest BCUT2D eigenvalue weighted by molar-refractivity contribution is 6.46. The number of aliphatic hydroxyl groups is 2. The lowest BCUT2D eigenvalue weighted by Gasteiger charge is -2.25. The topological polar surface area (TPSA) is 130 Å². The molecule has 0 radical (unpaired) electrons. The molecule has 162 valence electrons. The Bertz CT molecular complexity index is 1040. The molecule has 2 N–H and O–H groups in total. The van der Waals surface area contributed by atoms with E-state index in [4.69, 9.17) is 9.84 Å². The number of ether oxygens (including phenoxy) is 1. The lowest BCUT2D eigenvalue weighted by molar-refractivity contribution is -0.384. The summed E-state index contributed by atoms with van der Waals surface area (Å²) >= 11 is 0. The third kappa shape index (κ3) is 4.60. The van der Waals surface area contributed by atoms with Crippen molar-refractivity contribution in [3.8, 4) is 0 Å². The Morgan fingerprint density at radius 1 is 1.16 bits per heavy atom. The fraction of sp³-hybridized carbons (Fsp3) is 0.238. The van der Waals surface area contributed by atoms with E-state index in [1.54, 1.807) is 0 Å². The van der Waals surface area contributed by atoms with Crippen molar-refractivity contribution >= 4 is 23.1 Å². The number of carbonyl (C=O) groups excluding carboxylic acids is 2. The largest absolute Gasteiger partial charge is 0.507 e. The van der Waals surface area contributed by atoms with Crippen LogP contribution >= 0.6 is 0 Å². The third-order valence-electron chi connectivity index (χ3n) is 4.77. The fourth-order valence-corrected chi connectivity index (χ4v) is 3.36. The van der Waals surface area contributed by atoms with Crippen molar-refractivity contribution in [2.75, 3.05) is 26.4 Å². The molecule has 31 heavy (non-hydrogen) atoms. The number of likely N-dealkylation sites (tertiary alicyclic amines) is 1. The average Bonchev–Trinajstić information content (AvgIpc) is 3.01. The summed E-state index contributed by atoms with van der Waals surface area (Å²) in [6.07, 6.45) is 0. The van der Waals surface area contributed by atoms with E-state index in [9.17, 15) is 29.2 Å². The van der Waals surface area contributed by atoms with Gasteiger partial charge in [0.1, 0.15) is 11.6 Å². The zero-order chi connectivity index (χ0) is 22.5. The van der Waals surface area contributed by atoms with Gasteiger partial charge in [-0.25, -0.2) is 4.39 Å². The smallest absolute Gasteiger partial charge is 0.295 e. The van der Waals surface area contributed by atoms with Gasteiger partial charge in [0, 0.05) is 24.2 Å². The second-order valence-corrected chi connectivity index (χ2v) is 6.69. The number of non-ortho nitro benzene ring substituents is 1. The molecule has 2 aromatic rings. The van der Waals surface area contributed by atoms with Crippen LogP contribution in [0.5, 0.6) is 0 Å². The highest BCUT2D eigenvalue weighted by atomic mass is 19.1. The predicted molar refractivity (Wildman–Crippen MR) is 106 cm³/mol. The van der Waals surface area contributed by atoms with E-state index in [0.29, 0.717) is 0 Å². The molecule has 1 atom stereocenters. The van der Waals surface area contributed by atoms with Crippen LogP contribution in [0.3, 0.4) is 0 Å². The Morgan fingerprint density at radius 2 is 1.87 bits per heavy atom. The molecule has 0 aromatic heterocycles. The van der Waals surface area contributed by atoms with E-state index < -0.39 is 34.2 Å². The molecule has 1 aliphatic heterocycles. The zero-order valence-electron chi connectivity index (χ0n) is 16.2. The van der Waals surface area contributed by atoms with Gasteiger partial charge in [0.2, 0.25) is 0 Å². The van der Waals surface area contributed by atoms with Crippen LogP contribution in [-0.2, 0) is 14.3 Å². The van der Waals surface area contributed by atoms with Crippen LogP contribution < -0.4 is 0 Å². The summed E-state index contributed by atoms with van der Waals surface area (Å²) in [4.78, 5) is 36.8. The first kappa shape index (κ1) is 22.1. The molecule has 0 bridgehead atoms. The van der Waals surface area contributed by atoms with E-state index in [1.165, 1.54) is 30.3 Å². The summed E-state index contributed by atoms with van der Waals surface area (Å²) < 4.78 is 19.1. The number of aliphatic hydroxyl groups excluding tert-OH is 2. The number of hydrogen-bond donors (Lipinski definition) is 2. The monoisotopic (exact) mass is 430 g/mol. The van der Waals surface area contributed by atoms with Crippen LogP contribution in [0.15, 0.2) is 54.1 Å². The van der Waals surface area contributed by atoms with Crippen LogP contribution in [0.4, 0.5) is 10.1 Å². The number of Topliss-reactive ketones (excluding diaryl/α,β-unsaturated/α-hetero) is 1. The van der Waals surface area contributed by atoms with Gasteiger partial charge in [0.25, 0.3) is 17.4 Å². The number of rotatable bonds is 8. The second kappa shape index (κ2) is 9.45. The van der Waals surface area contributed by atoms with E-state index in [1.807, 2.05) is 0 Å². The van der Waals surface area contributed by atoms with Gasteiger partial charge in [-0.05, 0) is 29.8 Å². The molecule has 1 saturated heterocycles. The molecule has 1 heterocycles. The molecular weight excluding hydrogens is 411 g/mol. The third-order valence-corrected chi connectivity index (χ3v) is 4.77. The quantitative estimate of drug-likeness (QED) is 0.164. The minimum atomic E-state index is -1.08. The number of hydrogen-bond acceptors (Lipinski definition) is 7. The predicted octanol–water partition coefficient (Wildman–Crippen LogP) is 2.16. The van der Waals surface area contributed by atoms with Crippen LogP contribution in [0.25, 0.3) is 5.76 Å². The van der Waals surface area contributed by atoms with E-state index in [-0.39, 0.29) is 48.8 Å². The number of nitrogens with zero attached hydrogens (tertiary/aromatic N) is 2. The van der Waals surface area contributed by atoms with Crippen molar-refractivity contribution in [2.24, 2.45) is 0 Å². The van der Waals surface area contributed by atoms with Crippen LogP contribution in [0, 0.1) is 15.9 Å². The molecule has 10 heteroatoms. The molecule has 0 saturated carbocycles. The van der Waals surface area contributed by atoms with Crippen molar-refractivity contribution in [3.63, 3.8) is 0 Å². The summed E-state index contributed by atoms with van der Waals surface area (Å²) in [5, 5.41) is 30.5. The number of nitro benzene ring substituents is 1. The first-order chi connectivity index (χ1) is 14.8. The average molecular weight is 430 g/mol. The number of carbonyl (C=O) groups is 2. The SMILES string of the molecule is O=C1C(=O)N(CCOCCO)C(c2cccc(F)c2)C1=C(O)c1ccc([N+](=O)[O-])cc1. The van der Waals surface area contributed by atoms with E-state index in [2.05, 4.69) is 0 Å². The number of ketones is 1. The van der Waals surface area contributed by atoms with Gasteiger partial charge >= 0.3 is 0 Å². The Kier molecular flexibility index (Phi) is 6.73. The maximum atomic E-state index is 13.9. The first-order valence-electron chi connectivity index (χ1n) is 9.32. The lowest BCUT2D eigenvalue weighted by Crippen LogP contribution is -2.33. The molecule has 0 aliphatic carbocycles. The van der Waals surface area contributed by atoms with Gasteiger partial charge in [-0.1, -0.05) is 12.1 Å². The van der Waals surface area contributed by atoms with Crippen molar-refractivity contribution in [1.29, 1.82) is 0 Å². The van der Waals surface area contributed by atoms with Gasteiger partial charge in [-0.2, -0.15) is 0 Å². The number of nitro groups is 1. The molecule has 3 rings (SSSR count).